The molecule has 12 heteroatoms. The number of benzene rings is 1. The number of nitrogens with one attached hydrogen (secondary N) is 1. The van der Waals surface area contributed by atoms with Crippen LogP contribution in [-0.2, 0) is 10.9 Å². The number of hydrogen-bond donors (Lipinski definition) is 1. The Kier molecular flexibility index (Phi) is 6.45. The third-order valence-electron chi connectivity index (χ3n) is 4.68. The first-order valence-corrected chi connectivity index (χ1v) is 11.4. The van der Waals surface area contributed by atoms with Crippen molar-refractivity contribution in [1.82, 2.24) is 20.5 Å². The lowest BCUT2D eigenvalue weighted by molar-refractivity contribution is -0.138. The van der Waals surface area contributed by atoms with Crippen molar-refractivity contribution >= 4 is 28.6 Å². The number of aromatic nitrogens is 3. The zero-order valence-corrected chi connectivity index (χ0v) is 18.7. The highest BCUT2D eigenvalue weighted by Gasteiger charge is 2.36. The number of ether oxygens (including phenoxy) is 2. The van der Waals surface area contributed by atoms with Crippen LogP contribution in [0.1, 0.15) is 44.6 Å². The van der Waals surface area contributed by atoms with Crippen LogP contribution in [-0.4, -0.2) is 40.4 Å². The van der Waals surface area contributed by atoms with E-state index in [9.17, 15) is 18.0 Å². The fourth-order valence-electron chi connectivity index (χ4n) is 3.12. The van der Waals surface area contributed by atoms with Crippen LogP contribution in [0.15, 0.2) is 24.4 Å². The molecule has 1 aliphatic rings. The molecule has 7 nitrogen and oxygen atoms in total. The van der Waals surface area contributed by atoms with E-state index in [1.54, 1.807) is 25.3 Å². The molecule has 1 fully saturated rings. The molecule has 2 aromatic heterocycles. The number of nitrogens with zero attached hydrogens (tertiary/aromatic N) is 3. The topological polar surface area (TPSA) is 86.2 Å². The molecule has 3 aromatic rings. The zero-order chi connectivity index (χ0) is 22.9. The molecule has 1 N–H and O–H groups in total. The highest BCUT2D eigenvalue weighted by atomic mass is 32.1. The molecular formula is C20H19F3N4O3S2. The number of halogens is 3. The maximum atomic E-state index is 13.1. The zero-order valence-electron chi connectivity index (χ0n) is 17.1. The molecule has 3 heterocycles. The Hall–Kier alpha value is -2.57. The predicted molar refractivity (Wildman–Crippen MR) is 113 cm³/mol. The van der Waals surface area contributed by atoms with Crippen LogP contribution < -0.4 is 10.1 Å². The van der Waals surface area contributed by atoms with Crippen molar-refractivity contribution < 1.29 is 27.4 Å². The Balaban J connectivity index is 1.62. The summed E-state index contributed by atoms with van der Waals surface area (Å²) in [6.45, 7) is 4.47. The van der Waals surface area contributed by atoms with E-state index in [1.165, 1.54) is 11.3 Å². The van der Waals surface area contributed by atoms with Crippen molar-refractivity contribution in [2.75, 3.05) is 13.2 Å². The molecule has 0 bridgehead atoms. The Morgan fingerprint density at radius 3 is 2.75 bits per heavy atom. The number of carbonyl (C=O) groups is 1. The second kappa shape index (κ2) is 9.12. The molecular weight excluding hydrogens is 465 g/mol. The highest BCUT2D eigenvalue weighted by Crippen LogP contribution is 2.37. The minimum atomic E-state index is -4.58. The van der Waals surface area contributed by atoms with Crippen molar-refractivity contribution in [3.63, 3.8) is 0 Å². The second-order valence-electron chi connectivity index (χ2n) is 7.20. The fraction of sp³-hybridized carbons (Fsp3) is 0.400. The van der Waals surface area contributed by atoms with Crippen LogP contribution in [0.4, 0.5) is 13.2 Å². The Morgan fingerprint density at radius 2 is 2.12 bits per heavy atom. The van der Waals surface area contributed by atoms with Crippen molar-refractivity contribution in [3.8, 4) is 16.3 Å². The minimum Gasteiger partial charge on any atom is -0.486 e. The van der Waals surface area contributed by atoms with Gasteiger partial charge >= 0.3 is 6.18 Å². The number of amides is 1. The molecule has 0 spiro atoms. The summed E-state index contributed by atoms with van der Waals surface area (Å²) in [5.74, 6) is -0.124. The summed E-state index contributed by atoms with van der Waals surface area (Å²) < 4.78 is 50.1. The van der Waals surface area contributed by atoms with Gasteiger partial charge in [-0.05, 0) is 26.0 Å². The van der Waals surface area contributed by atoms with Crippen LogP contribution in [0.2, 0.25) is 0 Å². The first-order valence-electron chi connectivity index (χ1n) is 9.74. The van der Waals surface area contributed by atoms with Gasteiger partial charge in [-0.1, -0.05) is 17.4 Å². The first kappa shape index (κ1) is 22.6. The third kappa shape index (κ3) is 4.92. The first-order chi connectivity index (χ1) is 15.2. The standard InChI is InChI=1S/C20H19F3N4O3S2/c1-10-8-24-18(31-10)14-5-3-4-13(15(14)30-12-6-7-29-9-12)16(28)25-11(2)17-26-27-19(32-17)20(21,22)23/h3-5,8,11-12H,6-7,9H2,1-2H3,(H,25,28)/t11?,12-/m1/s1. The van der Waals surface area contributed by atoms with Gasteiger partial charge in [-0.15, -0.1) is 21.5 Å². The van der Waals surface area contributed by atoms with E-state index in [1.807, 2.05) is 13.0 Å². The van der Waals surface area contributed by atoms with Gasteiger partial charge in [-0.2, -0.15) is 13.2 Å². The summed E-state index contributed by atoms with van der Waals surface area (Å²) in [4.78, 5) is 18.5. The van der Waals surface area contributed by atoms with E-state index in [2.05, 4.69) is 20.5 Å². The molecule has 1 amide bonds. The van der Waals surface area contributed by atoms with Crippen LogP contribution in [0.3, 0.4) is 0 Å². The van der Waals surface area contributed by atoms with Crippen LogP contribution in [0.25, 0.3) is 10.6 Å². The van der Waals surface area contributed by atoms with E-state index in [0.29, 0.717) is 47.3 Å². The highest BCUT2D eigenvalue weighted by molar-refractivity contribution is 7.15. The van der Waals surface area contributed by atoms with E-state index < -0.39 is 23.1 Å². The van der Waals surface area contributed by atoms with Gasteiger partial charge in [0.15, 0.2) is 0 Å². The van der Waals surface area contributed by atoms with E-state index in [4.69, 9.17) is 9.47 Å². The summed E-state index contributed by atoms with van der Waals surface area (Å²) in [5, 5.41) is 9.17. The second-order valence-corrected chi connectivity index (χ2v) is 9.44. The Labute approximate surface area is 189 Å². The van der Waals surface area contributed by atoms with Crippen molar-refractivity contribution in [2.24, 2.45) is 0 Å². The lowest BCUT2D eigenvalue weighted by atomic mass is 10.1. The average Bonchev–Trinajstić information content (AvgIpc) is 3.49. The number of thiazole rings is 1. The average molecular weight is 485 g/mol. The molecule has 1 unspecified atom stereocenters. The SMILES string of the molecule is Cc1cnc(-c2cccc(C(=O)NC(C)c3nnc(C(F)(F)F)s3)c2O[C@@H]2CCOC2)s1. The summed E-state index contributed by atoms with van der Waals surface area (Å²) in [5.41, 5.74) is 0.931. The maximum absolute atomic E-state index is 13.1. The molecule has 0 radical (unpaired) electrons. The molecule has 4 rings (SSSR count). The fourth-order valence-corrected chi connectivity index (χ4v) is 4.62. The Morgan fingerprint density at radius 1 is 1.31 bits per heavy atom. The van der Waals surface area contributed by atoms with Crippen LogP contribution >= 0.6 is 22.7 Å². The van der Waals surface area contributed by atoms with Crippen LogP contribution in [0, 0.1) is 6.92 Å². The molecule has 1 saturated heterocycles. The molecule has 1 aliphatic heterocycles. The van der Waals surface area contributed by atoms with Gasteiger partial charge in [0.05, 0.1) is 30.4 Å². The number of para-hydroxylation sites is 1. The predicted octanol–water partition coefficient (Wildman–Crippen LogP) is 4.65. The van der Waals surface area contributed by atoms with Gasteiger partial charge in [-0.3, -0.25) is 4.79 Å². The van der Waals surface area contributed by atoms with E-state index in [-0.39, 0.29) is 16.7 Å². The van der Waals surface area contributed by atoms with Gasteiger partial charge in [0.1, 0.15) is 21.9 Å². The van der Waals surface area contributed by atoms with Crippen LogP contribution in [0.5, 0.6) is 5.75 Å². The summed E-state index contributed by atoms with van der Waals surface area (Å²) in [6, 6.07) is 4.38. The number of alkyl halides is 3. The van der Waals surface area contributed by atoms with Crippen molar-refractivity contribution in [1.29, 1.82) is 0 Å². The summed E-state index contributed by atoms with van der Waals surface area (Å²) >= 11 is 1.87. The number of hydrogen-bond acceptors (Lipinski definition) is 8. The van der Waals surface area contributed by atoms with Gasteiger partial charge in [0.2, 0.25) is 5.01 Å². The number of aryl methyl sites for hydroxylation is 1. The molecule has 170 valence electrons. The van der Waals surface area contributed by atoms with Crippen molar-refractivity contribution in [3.05, 3.63) is 44.9 Å². The number of carbonyl (C=O) groups excluding carboxylic acids is 1. The molecule has 1 aromatic carbocycles. The normalized spacial score (nSPS) is 17.3. The van der Waals surface area contributed by atoms with Gasteiger partial charge < -0.3 is 14.8 Å². The van der Waals surface area contributed by atoms with E-state index >= 15 is 0 Å². The van der Waals surface area contributed by atoms with Gasteiger partial charge in [0, 0.05) is 17.5 Å². The molecule has 0 saturated carbocycles. The summed E-state index contributed by atoms with van der Waals surface area (Å²) in [6.07, 6.45) is -2.36. The minimum absolute atomic E-state index is 0.0593. The monoisotopic (exact) mass is 484 g/mol. The molecule has 0 aliphatic carbocycles. The van der Waals surface area contributed by atoms with E-state index in [0.717, 1.165) is 4.88 Å². The smallest absolute Gasteiger partial charge is 0.445 e. The summed E-state index contributed by atoms with van der Waals surface area (Å²) in [7, 11) is 0. The lowest BCUT2D eigenvalue weighted by Crippen LogP contribution is -2.28. The maximum Gasteiger partial charge on any atom is 0.445 e. The number of rotatable bonds is 6. The third-order valence-corrected chi connectivity index (χ3v) is 6.78. The molecule has 32 heavy (non-hydrogen) atoms. The van der Waals surface area contributed by atoms with Gasteiger partial charge in [0.25, 0.3) is 5.91 Å². The largest absolute Gasteiger partial charge is 0.486 e. The van der Waals surface area contributed by atoms with Gasteiger partial charge in [-0.25, -0.2) is 4.98 Å². The lowest BCUT2D eigenvalue weighted by Gasteiger charge is -2.19. The quantitative estimate of drug-likeness (QED) is 0.548. The Bertz CT molecular complexity index is 1110. The molecule has 2 atom stereocenters. The van der Waals surface area contributed by atoms with Crippen molar-refractivity contribution in [2.45, 2.75) is 38.6 Å².